The standard InChI is InChI=1S/C16H25NO2S/c1-4-17-16-14-7-6-13(19-3)11-12(14)5-8-15(16)20-10-9-18-2/h6-7,11,15-17H,4-5,8-10H2,1-3H3. The molecule has 1 aromatic carbocycles. The van der Waals surface area contributed by atoms with Gasteiger partial charge in [0.05, 0.1) is 13.7 Å². The van der Waals surface area contributed by atoms with Gasteiger partial charge in [0.2, 0.25) is 0 Å². The fraction of sp³-hybridized carbons (Fsp3) is 0.625. The molecule has 20 heavy (non-hydrogen) atoms. The zero-order valence-corrected chi connectivity index (χ0v) is 13.5. The van der Waals surface area contributed by atoms with E-state index < -0.39 is 0 Å². The highest BCUT2D eigenvalue weighted by Gasteiger charge is 2.29. The van der Waals surface area contributed by atoms with E-state index in [-0.39, 0.29) is 0 Å². The van der Waals surface area contributed by atoms with Crippen LogP contribution >= 0.6 is 11.8 Å². The van der Waals surface area contributed by atoms with Crippen LogP contribution in [-0.4, -0.2) is 38.4 Å². The molecule has 4 heteroatoms. The van der Waals surface area contributed by atoms with Crippen LogP contribution in [0.1, 0.15) is 30.5 Å². The molecule has 1 aromatic rings. The van der Waals surface area contributed by atoms with Gasteiger partial charge in [0, 0.05) is 24.2 Å². The van der Waals surface area contributed by atoms with Crippen molar-refractivity contribution in [3.05, 3.63) is 29.3 Å². The first-order chi connectivity index (χ1) is 9.80. The second kappa shape index (κ2) is 7.91. The maximum absolute atomic E-state index is 5.34. The number of hydrogen-bond donors (Lipinski definition) is 1. The van der Waals surface area contributed by atoms with Gasteiger partial charge < -0.3 is 14.8 Å². The maximum atomic E-state index is 5.34. The van der Waals surface area contributed by atoms with E-state index in [1.54, 1.807) is 14.2 Å². The summed E-state index contributed by atoms with van der Waals surface area (Å²) in [6.45, 7) is 4.00. The van der Waals surface area contributed by atoms with Gasteiger partial charge >= 0.3 is 0 Å². The third-order valence-corrected chi connectivity index (χ3v) is 5.14. The van der Waals surface area contributed by atoms with Crippen LogP contribution in [0.2, 0.25) is 0 Å². The van der Waals surface area contributed by atoms with Gasteiger partial charge in [0.25, 0.3) is 0 Å². The predicted molar refractivity (Wildman–Crippen MR) is 85.9 cm³/mol. The molecule has 0 bridgehead atoms. The van der Waals surface area contributed by atoms with E-state index in [2.05, 4.69) is 30.4 Å². The molecule has 0 aromatic heterocycles. The van der Waals surface area contributed by atoms with E-state index in [0.717, 1.165) is 31.1 Å². The molecule has 2 unspecified atom stereocenters. The van der Waals surface area contributed by atoms with Crippen molar-refractivity contribution in [2.24, 2.45) is 0 Å². The highest BCUT2D eigenvalue weighted by molar-refractivity contribution is 7.99. The van der Waals surface area contributed by atoms with E-state index in [1.807, 2.05) is 11.8 Å². The first kappa shape index (κ1) is 15.7. The molecule has 0 fully saturated rings. The molecule has 0 saturated heterocycles. The van der Waals surface area contributed by atoms with Crippen molar-refractivity contribution in [2.75, 3.05) is 33.1 Å². The molecule has 0 spiro atoms. The van der Waals surface area contributed by atoms with Gasteiger partial charge in [0.15, 0.2) is 0 Å². The van der Waals surface area contributed by atoms with Gasteiger partial charge in [-0.1, -0.05) is 13.0 Å². The third-order valence-electron chi connectivity index (χ3n) is 3.80. The summed E-state index contributed by atoms with van der Waals surface area (Å²) >= 11 is 2.02. The van der Waals surface area contributed by atoms with Crippen molar-refractivity contribution in [3.8, 4) is 5.75 Å². The summed E-state index contributed by atoms with van der Waals surface area (Å²) in [5.74, 6) is 2.03. The number of hydrogen-bond acceptors (Lipinski definition) is 4. The number of thioether (sulfide) groups is 1. The number of rotatable bonds is 7. The number of benzene rings is 1. The van der Waals surface area contributed by atoms with Crippen molar-refractivity contribution in [3.63, 3.8) is 0 Å². The zero-order valence-electron chi connectivity index (χ0n) is 12.6. The predicted octanol–water partition coefficient (Wildman–Crippen LogP) is 3.04. The van der Waals surface area contributed by atoms with Crippen LogP contribution in [0.15, 0.2) is 18.2 Å². The fourth-order valence-electron chi connectivity index (χ4n) is 2.82. The zero-order chi connectivity index (χ0) is 14.4. The lowest BCUT2D eigenvalue weighted by Gasteiger charge is -2.34. The van der Waals surface area contributed by atoms with Crippen molar-refractivity contribution >= 4 is 11.8 Å². The molecule has 0 aliphatic heterocycles. The topological polar surface area (TPSA) is 30.5 Å². The molecule has 1 aliphatic carbocycles. The summed E-state index contributed by atoms with van der Waals surface area (Å²) in [5.41, 5.74) is 2.87. The van der Waals surface area contributed by atoms with Crippen LogP contribution in [-0.2, 0) is 11.2 Å². The summed E-state index contributed by atoms with van der Waals surface area (Å²) in [5, 5.41) is 4.28. The number of fused-ring (bicyclic) bond motifs is 1. The molecule has 3 nitrogen and oxygen atoms in total. The van der Waals surface area contributed by atoms with Crippen molar-refractivity contribution in [2.45, 2.75) is 31.1 Å². The average Bonchev–Trinajstić information content (AvgIpc) is 2.49. The Morgan fingerprint density at radius 3 is 2.90 bits per heavy atom. The molecule has 1 aliphatic rings. The first-order valence-electron chi connectivity index (χ1n) is 7.30. The molecule has 0 saturated carbocycles. The fourth-order valence-corrected chi connectivity index (χ4v) is 4.10. The molecular formula is C16H25NO2S. The number of aryl methyl sites for hydroxylation is 1. The van der Waals surface area contributed by atoms with Crippen LogP contribution in [0.5, 0.6) is 5.75 Å². The molecular weight excluding hydrogens is 270 g/mol. The van der Waals surface area contributed by atoms with E-state index in [1.165, 1.54) is 17.5 Å². The number of methoxy groups -OCH3 is 2. The lowest BCUT2D eigenvalue weighted by Crippen LogP contribution is -2.34. The van der Waals surface area contributed by atoms with Crippen molar-refractivity contribution in [1.29, 1.82) is 0 Å². The van der Waals surface area contributed by atoms with Crippen LogP contribution in [0.25, 0.3) is 0 Å². The largest absolute Gasteiger partial charge is 0.497 e. The Hall–Kier alpha value is -0.710. The molecule has 0 radical (unpaired) electrons. The molecule has 1 N–H and O–H groups in total. The first-order valence-corrected chi connectivity index (χ1v) is 8.35. The SMILES string of the molecule is CCNC1c2ccc(OC)cc2CCC1SCCOC. The van der Waals surface area contributed by atoms with Crippen LogP contribution in [0.3, 0.4) is 0 Å². The van der Waals surface area contributed by atoms with Crippen LogP contribution < -0.4 is 10.1 Å². The number of nitrogens with one attached hydrogen (secondary N) is 1. The Morgan fingerprint density at radius 1 is 1.35 bits per heavy atom. The molecule has 112 valence electrons. The minimum Gasteiger partial charge on any atom is -0.497 e. The van der Waals surface area contributed by atoms with E-state index in [9.17, 15) is 0 Å². The van der Waals surface area contributed by atoms with Crippen molar-refractivity contribution < 1.29 is 9.47 Å². The quantitative estimate of drug-likeness (QED) is 0.783. The van der Waals surface area contributed by atoms with E-state index in [0.29, 0.717) is 11.3 Å². The Bertz CT molecular complexity index is 425. The lowest BCUT2D eigenvalue weighted by atomic mass is 9.87. The minimum atomic E-state index is 0.441. The van der Waals surface area contributed by atoms with Crippen LogP contribution in [0, 0.1) is 0 Å². The van der Waals surface area contributed by atoms with Gasteiger partial charge in [-0.05, 0) is 42.6 Å². The Kier molecular flexibility index (Phi) is 6.20. The second-order valence-corrected chi connectivity index (χ2v) is 6.39. The van der Waals surface area contributed by atoms with Gasteiger partial charge in [-0.15, -0.1) is 0 Å². The minimum absolute atomic E-state index is 0.441. The summed E-state index contributed by atoms with van der Waals surface area (Å²) in [6.07, 6.45) is 2.35. The van der Waals surface area contributed by atoms with Gasteiger partial charge in [-0.3, -0.25) is 0 Å². The monoisotopic (exact) mass is 295 g/mol. The van der Waals surface area contributed by atoms with Crippen molar-refractivity contribution in [1.82, 2.24) is 5.32 Å². The summed E-state index contributed by atoms with van der Waals surface area (Å²) in [7, 11) is 3.50. The van der Waals surface area contributed by atoms with Gasteiger partial charge in [0.1, 0.15) is 5.75 Å². The smallest absolute Gasteiger partial charge is 0.119 e. The summed E-state index contributed by atoms with van der Waals surface area (Å²) in [4.78, 5) is 0. The van der Waals surface area contributed by atoms with Gasteiger partial charge in [-0.25, -0.2) is 0 Å². The average molecular weight is 295 g/mol. The third kappa shape index (κ3) is 3.68. The highest BCUT2D eigenvalue weighted by atomic mass is 32.2. The normalized spacial score (nSPS) is 21.6. The Balaban J connectivity index is 2.14. The Morgan fingerprint density at radius 2 is 2.20 bits per heavy atom. The van der Waals surface area contributed by atoms with E-state index in [4.69, 9.17) is 9.47 Å². The molecule has 2 atom stereocenters. The van der Waals surface area contributed by atoms with Gasteiger partial charge in [-0.2, -0.15) is 11.8 Å². The molecule has 0 amide bonds. The molecule has 0 heterocycles. The second-order valence-electron chi connectivity index (χ2n) is 5.04. The van der Waals surface area contributed by atoms with E-state index >= 15 is 0 Å². The highest BCUT2D eigenvalue weighted by Crippen LogP contribution is 2.38. The Labute approximate surface area is 126 Å². The maximum Gasteiger partial charge on any atom is 0.119 e. The molecule has 2 rings (SSSR count). The summed E-state index contributed by atoms with van der Waals surface area (Å²) in [6, 6.07) is 6.93. The van der Waals surface area contributed by atoms with Crippen LogP contribution in [0.4, 0.5) is 0 Å². The number of ether oxygens (including phenoxy) is 2. The summed E-state index contributed by atoms with van der Waals surface area (Å²) < 4.78 is 10.5. The lowest BCUT2D eigenvalue weighted by molar-refractivity contribution is 0.218.